The first kappa shape index (κ1) is 22.2. The molecule has 168 valence electrons. The van der Waals surface area contributed by atoms with Crippen molar-refractivity contribution >= 4 is 17.2 Å². The molecule has 1 aromatic heterocycles. The predicted octanol–water partition coefficient (Wildman–Crippen LogP) is 4.37. The molecule has 3 N–H and O–H groups in total. The summed E-state index contributed by atoms with van der Waals surface area (Å²) in [6.45, 7) is 0.409. The third kappa shape index (κ3) is 5.83. The number of nitrogens with two attached hydrogens (primary N) is 1. The van der Waals surface area contributed by atoms with E-state index in [1.165, 1.54) is 29.5 Å². The smallest absolute Gasteiger partial charge is 0.406 e. The van der Waals surface area contributed by atoms with Gasteiger partial charge in [-0.3, -0.25) is 4.79 Å². The molecule has 3 aromatic rings. The Morgan fingerprint density at radius 3 is 2.62 bits per heavy atom. The quantitative estimate of drug-likeness (QED) is 0.519. The van der Waals surface area contributed by atoms with Crippen molar-refractivity contribution < 1.29 is 22.7 Å². The summed E-state index contributed by atoms with van der Waals surface area (Å²) in [5.41, 5.74) is 8.16. The Morgan fingerprint density at radius 1 is 1.16 bits per heavy atom. The van der Waals surface area contributed by atoms with Crippen LogP contribution >= 0.6 is 11.3 Å². The molecule has 2 aromatic carbocycles. The number of carbonyl (C=O) groups is 1. The Kier molecular flexibility index (Phi) is 6.43. The molecule has 1 atom stereocenters. The molecule has 1 fully saturated rings. The topological polar surface area (TPSA) is 90.1 Å². The van der Waals surface area contributed by atoms with Crippen molar-refractivity contribution in [2.45, 2.75) is 38.2 Å². The molecule has 1 heterocycles. The van der Waals surface area contributed by atoms with Gasteiger partial charge in [0, 0.05) is 18.0 Å². The summed E-state index contributed by atoms with van der Waals surface area (Å²) in [6.07, 6.45) is -2.54. The van der Waals surface area contributed by atoms with E-state index in [9.17, 15) is 18.0 Å². The Bertz CT molecular complexity index is 1100. The molecule has 0 spiro atoms. The van der Waals surface area contributed by atoms with Crippen LogP contribution in [0.1, 0.15) is 35.0 Å². The molecule has 6 nitrogen and oxygen atoms in total. The van der Waals surface area contributed by atoms with Crippen molar-refractivity contribution in [3.05, 3.63) is 64.7 Å². The summed E-state index contributed by atoms with van der Waals surface area (Å²) in [6, 6.07) is 13.0. The van der Waals surface area contributed by atoms with Gasteiger partial charge in [-0.25, -0.2) is 0 Å². The molecule has 4 rings (SSSR count). The van der Waals surface area contributed by atoms with Crippen LogP contribution < -0.4 is 15.8 Å². The molecular weight excluding hydrogens is 441 g/mol. The maximum atomic E-state index is 12.5. The number of hydrogen-bond donors (Lipinski definition) is 2. The fourth-order valence-electron chi connectivity index (χ4n) is 3.27. The zero-order chi connectivity index (χ0) is 22.7. The number of rotatable bonds is 8. The number of carbonyl (C=O) groups excluding carboxylic acids is 1. The van der Waals surface area contributed by atoms with Gasteiger partial charge in [-0.05, 0) is 42.5 Å². The van der Waals surface area contributed by atoms with Gasteiger partial charge in [0.05, 0.1) is 6.04 Å². The third-order valence-corrected chi connectivity index (χ3v) is 6.07. The van der Waals surface area contributed by atoms with Gasteiger partial charge >= 0.3 is 6.36 Å². The highest BCUT2D eigenvalue weighted by atomic mass is 32.1. The number of alkyl halides is 3. The van der Waals surface area contributed by atoms with Crippen LogP contribution in [0.3, 0.4) is 0 Å². The van der Waals surface area contributed by atoms with E-state index in [0.717, 1.165) is 24.0 Å². The van der Waals surface area contributed by atoms with Crippen molar-refractivity contribution in [3.8, 4) is 16.3 Å². The van der Waals surface area contributed by atoms with E-state index >= 15 is 0 Å². The Labute approximate surface area is 186 Å². The fourth-order valence-corrected chi connectivity index (χ4v) is 4.16. The van der Waals surface area contributed by atoms with Crippen LogP contribution in [0.4, 0.5) is 13.2 Å². The summed E-state index contributed by atoms with van der Waals surface area (Å²) < 4.78 is 41.6. The average molecular weight is 462 g/mol. The largest absolute Gasteiger partial charge is 0.573 e. The first-order chi connectivity index (χ1) is 15.3. The second-order valence-electron chi connectivity index (χ2n) is 7.58. The standard InChI is InChI=1S/C22H21F3N4O2S/c23-22(24,25)31-17-6-2-5-16(11-17)20-28-29-21(32-20)18(27-19(30)15-7-8-15)10-13-3-1-4-14(9-13)12-26/h1-6,9,11,15,18H,7-8,10,12,26H2,(H,27,30). The summed E-state index contributed by atoms with van der Waals surface area (Å²) >= 11 is 1.23. The molecular formula is C22H21F3N4O2S. The monoisotopic (exact) mass is 462 g/mol. The number of ether oxygens (including phenoxy) is 1. The summed E-state index contributed by atoms with van der Waals surface area (Å²) in [5.74, 6) is -0.331. The summed E-state index contributed by atoms with van der Waals surface area (Å²) in [4.78, 5) is 12.5. The van der Waals surface area contributed by atoms with E-state index in [-0.39, 0.29) is 17.6 Å². The first-order valence-corrected chi connectivity index (χ1v) is 10.9. The second-order valence-corrected chi connectivity index (χ2v) is 8.59. The number of hydrogen-bond acceptors (Lipinski definition) is 6. The van der Waals surface area contributed by atoms with Crippen LogP contribution in [0.2, 0.25) is 0 Å². The van der Waals surface area contributed by atoms with Gasteiger partial charge in [0.25, 0.3) is 0 Å². The predicted molar refractivity (Wildman–Crippen MR) is 114 cm³/mol. The first-order valence-electron chi connectivity index (χ1n) is 10.1. The lowest BCUT2D eigenvalue weighted by atomic mass is 10.0. The highest BCUT2D eigenvalue weighted by Crippen LogP contribution is 2.34. The van der Waals surface area contributed by atoms with E-state index in [4.69, 9.17) is 5.73 Å². The second kappa shape index (κ2) is 9.25. The van der Waals surface area contributed by atoms with Crippen molar-refractivity contribution in [1.29, 1.82) is 0 Å². The lowest BCUT2D eigenvalue weighted by Crippen LogP contribution is -2.31. The van der Waals surface area contributed by atoms with Crippen LogP contribution in [0.15, 0.2) is 48.5 Å². The van der Waals surface area contributed by atoms with Gasteiger partial charge in [-0.2, -0.15) is 0 Å². The van der Waals surface area contributed by atoms with Crippen LogP contribution in [-0.2, 0) is 17.8 Å². The minimum atomic E-state index is -4.78. The van der Waals surface area contributed by atoms with Crippen molar-refractivity contribution in [3.63, 3.8) is 0 Å². The fraction of sp³-hybridized carbons (Fsp3) is 0.318. The Hall–Kier alpha value is -2.98. The zero-order valence-corrected chi connectivity index (χ0v) is 17.7. The average Bonchev–Trinajstić information content (AvgIpc) is 3.49. The molecule has 32 heavy (non-hydrogen) atoms. The van der Waals surface area contributed by atoms with Gasteiger partial charge in [-0.15, -0.1) is 23.4 Å². The SMILES string of the molecule is NCc1cccc(CC(NC(=O)C2CC2)c2nnc(-c3cccc(OC(F)(F)F)c3)s2)c1. The maximum absolute atomic E-state index is 12.5. The normalized spacial score (nSPS) is 14.8. The minimum Gasteiger partial charge on any atom is -0.406 e. The molecule has 1 saturated carbocycles. The van der Waals surface area contributed by atoms with Crippen LogP contribution in [-0.4, -0.2) is 22.5 Å². The zero-order valence-electron chi connectivity index (χ0n) is 16.9. The van der Waals surface area contributed by atoms with Gasteiger partial charge in [0.1, 0.15) is 15.8 Å². The van der Waals surface area contributed by atoms with Crippen molar-refractivity contribution in [2.24, 2.45) is 11.7 Å². The van der Waals surface area contributed by atoms with E-state index in [0.29, 0.717) is 28.5 Å². The molecule has 0 saturated heterocycles. The van der Waals surface area contributed by atoms with E-state index in [1.54, 1.807) is 6.07 Å². The Balaban J connectivity index is 1.58. The highest BCUT2D eigenvalue weighted by molar-refractivity contribution is 7.14. The van der Waals surface area contributed by atoms with Crippen molar-refractivity contribution in [1.82, 2.24) is 15.5 Å². The molecule has 0 aliphatic heterocycles. The van der Waals surface area contributed by atoms with Crippen LogP contribution in [0.5, 0.6) is 5.75 Å². The van der Waals surface area contributed by atoms with Gasteiger partial charge < -0.3 is 15.8 Å². The molecule has 0 bridgehead atoms. The third-order valence-electron chi connectivity index (χ3n) is 4.98. The number of benzene rings is 2. The van der Waals surface area contributed by atoms with Gasteiger partial charge in [0.15, 0.2) is 0 Å². The summed E-state index contributed by atoms with van der Waals surface area (Å²) in [5, 5.41) is 12.5. The lowest BCUT2D eigenvalue weighted by molar-refractivity contribution is -0.274. The number of nitrogens with one attached hydrogen (secondary N) is 1. The number of amides is 1. The maximum Gasteiger partial charge on any atom is 0.573 e. The van der Waals surface area contributed by atoms with Gasteiger partial charge in [0.2, 0.25) is 5.91 Å². The van der Waals surface area contributed by atoms with Crippen LogP contribution in [0, 0.1) is 5.92 Å². The number of aromatic nitrogens is 2. The molecule has 1 amide bonds. The molecule has 1 aliphatic carbocycles. The summed E-state index contributed by atoms with van der Waals surface area (Å²) in [7, 11) is 0. The van der Waals surface area contributed by atoms with E-state index in [2.05, 4.69) is 20.3 Å². The minimum absolute atomic E-state index is 0.0245. The number of halogens is 3. The molecule has 1 aliphatic rings. The Morgan fingerprint density at radius 2 is 1.91 bits per heavy atom. The highest BCUT2D eigenvalue weighted by Gasteiger charge is 2.33. The lowest BCUT2D eigenvalue weighted by Gasteiger charge is -2.16. The van der Waals surface area contributed by atoms with E-state index in [1.807, 2.05) is 24.3 Å². The van der Waals surface area contributed by atoms with Crippen LogP contribution in [0.25, 0.3) is 10.6 Å². The molecule has 0 radical (unpaired) electrons. The van der Waals surface area contributed by atoms with Crippen molar-refractivity contribution in [2.75, 3.05) is 0 Å². The number of nitrogens with zero attached hydrogens (tertiary/aromatic N) is 2. The van der Waals surface area contributed by atoms with E-state index < -0.39 is 12.4 Å². The molecule has 1 unspecified atom stereocenters. The van der Waals surface area contributed by atoms with Gasteiger partial charge in [-0.1, -0.05) is 47.7 Å². The molecule has 10 heteroatoms.